The number of hydrogen-bond donors (Lipinski definition) is 1. The highest BCUT2D eigenvalue weighted by molar-refractivity contribution is 5.81. The van der Waals surface area contributed by atoms with Crippen molar-refractivity contribution in [2.75, 3.05) is 0 Å². The van der Waals surface area contributed by atoms with Crippen LogP contribution in [-0.4, -0.2) is 11.8 Å². The molecule has 2 N–H and O–H groups in total. The zero-order chi connectivity index (χ0) is 10.8. The van der Waals surface area contributed by atoms with Crippen LogP contribution in [0.5, 0.6) is 0 Å². The Morgan fingerprint density at radius 2 is 2.13 bits per heavy atom. The molecular formula is C13H17NO. The van der Waals surface area contributed by atoms with Gasteiger partial charge in [-0.15, -0.1) is 0 Å². The lowest BCUT2D eigenvalue weighted by molar-refractivity contribution is -0.118. The third-order valence-corrected chi connectivity index (χ3v) is 3.03. The Morgan fingerprint density at radius 3 is 2.73 bits per heavy atom. The number of benzene rings is 1. The van der Waals surface area contributed by atoms with E-state index in [4.69, 9.17) is 5.73 Å². The minimum absolute atomic E-state index is 0.0700. The molecule has 1 atom stereocenters. The molecule has 0 spiro atoms. The molecule has 80 valence electrons. The molecule has 0 heterocycles. The van der Waals surface area contributed by atoms with E-state index in [-0.39, 0.29) is 11.8 Å². The molecule has 0 unspecified atom stereocenters. The molecule has 0 aliphatic heterocycles. The van der Waals surface area contributed by atoms with E-state index in [1.54, 1.807) is 6.92 Å². The molecule has 0 amide bonds. The summed E-state index contributed by atoms with van der Waals surface area (Å²) in [5, 5.41) is 0. The maximum atomic E-state index is 11.1. The van der Waals surface area contributed by atoms with Crippen molar-refractivity contribution < 1.29 is 4.79 Å². The van der Waals surface area contributed by atoms with Crippen LogP contribution in [0.2, 0.25) is 0 Å². The smallest absolute Gasteiger partial charge is 0.146 e. The van der Waals surface area contributed by atoms with Crippen molar-refractivity contribution in [3.8, 4) is 0 Å². The molecule has 1 aliphatic rings. The zero-order valence-corrected chi connectivity index (χ0v) is 9.07. The fourth-order valence-corrected chi connectivity index (χ4v) is 1.89. The number of carbonyl (C=O) groups excluding carboxylic acids is 1. The van der Waals surface area contributed by atoms with E-state index < -0.39 is 0 Å². The van der Waals surface area contributed by atoms with Crippen molar-refractivity contribution in [2.45, 2.75) is 38.1 Å². The second-order valence-electron chi connectivity index (χ2n) is 4.39. The Morgan fingerprint density at radius 1 is 1.47 bits per heavy atom. The van der Waals surface area contributed by atoms with Crippen molar-refractivity contribution in [1.82, 2.24) is 0 Å². The number of carbonyl (C=O) groups is 1. The van der Waals surface area contributed by atoms with Gasteiger partial charge in [-0.1, -0.05) is 24.3 Å². The molecule has 1 aromatic carbocycles. The average Bonchev–Trinajstić information content (AvgIpc) is 3.02. The molecule has 2 rings (SSSR count). The maximum absolute atomic E-state index is 11.1. The summed E-state index contributed by atoms with van der Waals surface area (Å²) in [4.78, 5) is 11.1. The summed E-state index contributed by atoms with van der Waals surface area (Å²) < 4.78 is 0. The molecule has 2 heteroatoms. The zero-order valence-electron chi connectivity index (χ0n) is 9.07. The first-order valence-electron chi connectivity index (χ1n) is 5.52. The van der Waals surface area contributed by atoms with Crippen molar-refractivity contribution in [3.05, 3.63) is 35.4 Å². The van der Waals surface area contributed by atoms with E-state index in [9.17, 15) is 4.79 Å². The third kappa shape index (κ3) is 2.45. The SMILES string of the molecule is CC(=O)[C@@H](N)Cc1ccccc1C1CC1. The first-order chi connectivity index (χ1) is 7.18. The summed E-state index contributed by atoms with van der Waals surface area (Å²) >= 11 is 0. The topological polar surface area (TPSA) is 43.1 Å². The van der Waals surface area contributed by atoms with Crippen molar-refractivity contribution in [1.29, 1.82) is 0 Å². The second kappa shape index (κ2) is 4.15. The van der Waals surface area contributed by atoms with E-state index >= 15 is 0 Å². The predicted molar refractivity (Wildman–Crippen MR) is 60.8 cm³/mol. The first kappa shape index (κ1) is 10.4. The number of hydrogen-bond acceptors (Lipinski definition) is 2. The van der Waals surface area contributed by atoms with E-state index in [1.807, 2.05) is 6.07 Å². The Kier molecular flexibility index (Phi) is 2.87. The van der Waals surface area contributed by atoms with Gasteiger partial charge in [0.2, 0.25) is 0 Å². The number of ketones is 1. The van der Waals surface area contributed by atoms with Crippen LogP contribution in [-0.2, 0) is 11.2 Å². The molecule has 0 aromatic heterocycles. The van der Waals surface area contributed by atoms with Gasteiger partial charge in [-0.3, -0.25) is 4.79 Å². The lowest BCUT2D eigenvalue weighted by Gasteiger charge is -2.11. The third-order valence-electron chi connectivity index (χ3n) is 3.03. The van der Waals surface area contributed by atoms with Gasteiger partial charge in [0.05, 0.1) is 6.04 Å². The molecule has 0 saturated heterocycles. The quantitative estimate of drug-likeness (QED) is 0.813. The summed E-state index contributed by atoms with van der Waals surface area (Å²) in [6.07, 6.45) is 3.25. The van der Waals surface area contributed by atoms with Crippen molar-refractivity contribution in [2.24, 2.45) is 5.73 Å². The monoisotopic (exact) mass is 203 g/mol. The Balaban J connectivity index is 2.16. The molecule has 0 radical (unpaired) electrons. The summed E-state index contributed by atoms with van der Waals surface area (Å²) in [6, 6.07) is 8.01. The van der Waals surface area contributed by atoms with Crippen molar-refractivity contribution in [3.63, 3.8) is 0 Å². The number of rotatable bonds is 4. The van der Waals surface area contributed by atoms with Crippen LogP contribution >= 0.6 is 0 Å². The van der Waals surface area contributed by atoms with E-state index in [1.165, 1.54) is 24.0 Å². The normalized spacial score (nSPS) is 17.5. The molecule has 2 nitrogen and oxygen atoms in total. The van der Waals surface area contributed by atoms with Crippen LogP contribution in [0.4, 0.5) is 0 Å². The van der Waals surface area contributed by atoms with E-state index in [2.05, 4.69) is 18.2 Å². The van der Waals surface area contributed by atoms with Crippen LogP contribution < -0.4 is 5.73 Å². The maximum Gasteiger partial charge on any atom is 0.146 e. The summed E-state index contributed by atoms with van der Waals surface area (Å²) in [5.74, 6) is 0.793. The predicted octanol–water partition coefficient (Wildman–Crippen LogP) is 2.02. The second-order valence-corrected chi connectivity index (χ2v) is 4.39. The Hall–Kier alpha value is -1.15. The van der Waals surface area contributed by atoms with Gasteiger partial charge in [0, 0.05) is 0 Å². The molecule has 1 saturated carbocycles. The summed E-state index contributed by atoms with van der Waals surface area (Å²) in [6.45, 7) is 1.56. The minimum atomic E-state index is -0.343. The van der Waals surface area contributed by atoms with Gasteiger partial charge >= 0.3 is 0 Å². The minimum Gasteiger partial charge on any atom is -0.321 e. The number of Topliss-reactive ketones (excluding diaryl/α,β-unsaturated/α-hetero) is 1. The lowest BCUT2D eigenvalue weighted by atomic mass is 9.96. The fraction of sp³-hybridized carbons (Fsp3) is 0.462. The van der Waals surface area contributed by atoms with Gasteiger partial charge in [-0.25, -0.2) is 0 Å². The molecular weight excluding hydrogens is 186 g/mol. The highest BCUT2D eigenvalue weighted by Gasteiger charge is 2.26. The molecule has 1 aromatic rings. The van der Waals surface area contributed by atoms with Gasteiger partial charge < -0.3 is 5.73 Å². The van der Waals surface area contributed by atoms with Gasteiger partial charge in [0.15, 0.2) is 0 Å². The van der Waals surface area contributed by atoms with Crippen molar-refractivity contribution >= 4 is 5.78 Å². The summed E-state index contributed by atoms with van der Waals surface area (Å²) in [5.41, 5.74) is 8.44. The standard InChI is InChI=1S/C13H17NO/c1-9(15)13(14)8-11-4-2-3-5-12(11)10-6-7-10/h2-5,10,13H,6-8,14H2,1H3/t13-/m0/s1. The van der Waals surface area contributed by atoms with E-state index in [0.29, 0.717) is 6.42 Å². The first-order valence-corrected chi connectivity index (χ1v) is 5.52. The average molecular weight is 203 g/mol. The molecule has 0 bridgehead atoms. The van der Waals surface area contributed by atoms with Crippen LogP contribution in [0, 0.1) is 0 Å². The highest BCUT2D eigenvalue weighted by atomic mass is 16.1. The van der Waals surface area contributed by atoms with Gasteiger partial charge in [0.1, 0.15) is 5.78 Å². The molecule has 15 heavy (non-hydrogen) atoms. The van der Waals surface area contributed by atoms with Crippen LogP contribution in [0.3, 0.4) is 0 Å². The van der Waals surface area contributed by atoms with Crippen LogP contribution in [0.25, 0.3) is 0 Å². The van der Waals surface area contributed by atoms with Crippen LogP contribution in [0.1, 0.15) is 36.8 Å². The van der Waals surface area contributed by atoms with Crippen LogP contribution in [0.15, 0.2) is 24.3 Å². The van der Waals surface area contributed by atoms with Gasteiger partial charge in [0.25, 0.3) is 0 Å². The molecule has 1 fully saturated rings. The van der Waals surface area contributed by atoms with E-state index in [0.717, 1.165) is 5.92 Å². The fourth-order valence-electron chi connectivity index (χ4n) is 1.89. The van der Waals surface area contributed by atoms with Gasteiger partial charge in [-0.05, 0) is 43.2 Å². The molecule has 1 aliphatic carbocycles. The highest BCUT2D eigenvalue weighted by Crippen LogP contribution is 2.41. The van der Waals surface area contributed by atoms with Gasteiger partial charge in [-0.2, -0.15) is 0 Å². The Labute approximate surface area is 90.5 Å². The largest absolute Gasteiger partial charge is 0.321 e. The number of nitrogens with two attached hydrogens (primary N) is 1. The Bertz CT molecular complexity index is 369. The lowest BCUT2D eigenvalue weighted by Crippen LogP contribution is -2.30. The summed E-state index contributed by atoms with van der Waals surface area (Å²) in [7, 11) is 0.